The number of anilines is 2. The smallest absolute Gasteiger partial charge is 0.416 e. The Labute approximate surface area is 154 Å². The molecule has 0 spiro atoms. The lowest BCUT2D eigenvalue weighted by Gasteiger charge is -2.13. The quantitative estimate of drug-likeness (QED) is 0.717. The molecule has 0 heterocycles. The van der Waals surface area contributed by atoms with Gasteiger partial charge >= 0.3 is 6.18 Å². The van der Waals surface area contributed by atoms with Crippen molar-refractivity contribution in [2.24, 2.45) is 0 Å². The maximum Gasteiger partial charge on any atom is 0.416 e. The summed E-state index contributed by atoms with van der Waals surface area (Å²) in [5.74, 6) is 0.253. The van der Waals surface area contributed by atoms with Gasteiger partial charge in [-0.05, 0) is 56.3 Å². The Bertz CT molecular complexity index is 762. The Morgan fingerprint density at radius 3 is 2.38 bits per heavy atom. The van der Waals surface area contributed by atoms with Gasteiger partial charge < -0.3 is 15.4 Å². The number of rotatable bonds is 6. The van der Waals surface area contributed by atoms with Crippen LogP contribution in [0.2, 0.25) is 5.02 Å². The maximum absolute atomic E-state index is 12.7. The van der Waals surface area contributed by atoms with E-state index in [1.165, 1.54) is 0 Å². The van der Waals surface area contributed by atoms with Crippen molar-refractivity contribution in [1.29, 1.82) is 0 Å². The number of hydrogen-bond donors (Lipinski definition) is 2. The van der Waals surface area contributed by atoms with Crippen molar-refractivity contribution in [3.8, 4) is 5.75 Å². The van der Waals surface area contributed by atoms with Gasteiger partial charge in [0.2, 0.25) is 5.91 Å². The van der Waals surface area contributed by atoms with Crippen molar-refractivity contribution in [2.75, 3.05) is 17.2 Å². The summed E-state index contributed by atoms with van der Waals surface area (Å²) in [6.07, 6.45) is -4.44. The molecule has 2 N–H and O–H groups in total. The zero-order valence-corrected chi connectivity index (χ0v) is 14.9. The van der Waals surface area contributed by atoms with Crippen LogP contribution in [0.1, 0.15) is 19.4 Å². The molecule has 0 unspecified atom stereocenters. The highest BCUT2D eigenvalue weighted by atomic mass is 35.5. The third-order valence-electron chi connectivity index (χ3n) is 3.24. The predicted molar refractivity (Wildman–Crippen MR) is 95.8 cm³/mol. The number of ether oxygens (including phenoxy) is 1. The van der Waals surface area contributed by atoms with E-state index >= 15 is 0 Å². The van der Waals surface area contributed by atoms with E-state index in [2.05, 4.69) is 10.6 Å². The van der Waals surface area contributed by atoms with Crippen LogP contribution in [0, 0.1) is 0 Å². The van der Waals surface area contributed by atoms with E-state index in [0.29, 0.717) is 11.4 Å². The van der Waals surface area contributed by atoms with Crippen LogP contribution < -0.4 is 15.4 Å². The molecule has 4 nitrogen and oxygen atoms in total. The number of benzene rings is 2. The van der Waals surface area contributed by atoms with Crippen LogP contribution in [0.3, 0.4) is 0 Å². The Morgan fingerprint density at radius 2 is 1.81 bits per heavy atom. The van der Waals surface area contributed by atoms with Crippen molar-refractivity contribution in [1.82, 2.24) is 0 Å². The van der Waals surface area contributed by atoms with E-state index in [-0.39, 0.29) is 23.4 Å². The first-order valence-electron chi connectivity index (χ1n) is 7.82. The standard InChI is InChI=1S/C18H18ClF3N2O2/c1-11(2)26-14-6-4-13(5-7-14)24-17(25)10-23-16-9-12(18(20,21)22)3-8-15(16)19/h3-9,11,23H,10H2,1-2H3,(H,24,25). The van der Waals surface area contributed by atoms with E-state index in [1.54, 1.807) is 24.3 Å². The second-order valence-electron chi connectivity index (χ2n) is 5.79. The molecule has 1 amide bonds. The molecule has 0 fully saturated rings. The summed E-state index contributed by atoms with van der Waals surface area (Å²) in [6.45, 7) is 3.58. The minimum absolute atomic E-state index is 0.0388. The fourth-order valence-corrected chi connectivity index (χ4v) is 2.29. The van der Waals surface area contributed by atoms with Crippen LogP contribution in [0.25, 0.3) is 0 Å². The van der Waals surface area contributed by atoms with Gasteiger partial charge in [-0.15, -0.1) is 0 Å². The van der Waals surface area contributed by atoms with E-state index in [9.17, 15) is 18.0 Å². The largest absolute Gasteiger partial charge is 0.491 e. The number of carbonyl (C=O) groups is 1. The number of hydrogen-bond acceptors (Lipinski definition) is 3. The predicted octanol–water partition coefficient (Wildman–Crippen LogP) is 5.20. The fourth-order valence-electron chi connectivity index (χ4n) is 2.11. The van der Waals surface area contributed by atoms with E-state index in [0.717, 1.165) is 18.2 Å². The van der Waals surface area contributed by atoms with Crippen LogP contribution in [0.5, 0.6) is 5.75 Å². The summed E-state index contributed by atoms with van der Waals surface area (Å²) in [6, 6.07) is 9.67. The highest BCUT2D eigenvalue weighted by Gasteiger charge is 2.30. The number of carbonyl (C=O) groups excluding carboxylic acids is 1. The fraction of sp³-hybridized carbons (Fsp3) is 0.278. The van der Waals surface area contributed by atoms with Gasteiger partial charge in [0, 0.05) is 5.69 Å². The molecule has 0 aromatic heterocycles. The lowest BCUT2D eigenvalue weighted by molar-refractivity contribution is -0.137. The first kappa shape index (κ1) is 19.9. The molecule has 0 radical (unpaired) electrons. The molecule has 2 aromatic rings. The van der Waals surface area contributed by atoms with E-state index < -0.39 is 17.6 Å². The molecule has 140 valence electrons. The third-order valence-corrected chi connectivity index (χ3v) is 3.57. The maximum atomic E-state index is 12.7. The molecule has 2 aromatic carbocycles. The van der Waals surface area contributed by atoms with Gasteiger partial charge in [0.25, 0.3) is 0 Å². The molecule has 0 aliphatic heterocycles. The monoisotopic (exact) mass is 386 g/mol. The Balaban J connectivity index is 1.94. The van der Waals surface area contributed by atoms with Crippen molar-refractivity contribution in [3.63, 3.8) is 0 Å². The van der Waals surface area contributed by atoms with Crippen molar-refractivity contribution >= 4 is 28.9 Å². The number of alkyl halides is 3. The van der Waals surface area contributed by atoms with Crippen molar-refractivity contribution in [3.05, 3.63) is 53.1 Å². The summed E-state index contributed by atoms with van der Waals surface area (Å²) in [7, 11) is 0. The Hall–Kier alpha value is -2.41. The summed E-state index contributed by atoms with van der Waals surface area (Å²) >= 11 is 5.87. The average Bonchev–Trinajstić information content (AvgIpc) is 2.54. The zero-order chi connectivity index (χ0) is 19.3. The van der Waals surface area contributed by atoms with Crippen LogP contribution in [-0.2, 0) is 11.0 Å². The Kier molecular flexibility index (Phi) is 6.37. The molecular weight excluding hydrogens is 369 g/mol. The summed E-state index contributed by atoms with van der Waals surface area (Å²) in [5, 5.41) is 5.35. The average molecular weight is 387 g/mol. The minimum atomic E-state index is -4.48. The second-order valence-corrected chi connectivity index (χ2v) is 6.19. The van der Waals surface area contributed by atoms with Gasteiger partial charge in [0.05, 0.1) is 28.9 Å². The number of amides is 1. The van der Waals surface area contributed by atoms with Gasteiger partial charge in [0.1, 0.15) is 5.75 Å². The highest BCUT2D eigenvalue weighted by Crippen LogP contribution is 2.33. The number of halogens is 4. The van der Waals surface area contributed by atoms with E-state index in [1.807, 2.05) is 13.8 Å². The van der Waals surface area contributed by atoms with Crippen LogP contribution in [0.15, 0.2) is 42.5 Å². The molecule has 0 aliphatic rings. The normalized spacial score (nSPS) is 11.3. The van der Waals surface area contributed by atoms with Crippen LogP contribution in [0.4, 0.5) is 24.5 Å². The lowest BCUT2D eigenvalue weighted by atomic mass is 10.2. The molecule has 2 rings (SSSR count). The molecule has 0 bridgehead atoms. The van der Waals surface area contributed by atoms with E-state index in [4.69, 9.17) is 16.3 Å². The van der Waals surface area contributed by atoms with Gasteiger partial charge in [-0.2, -0.15) is 13.2 Å². The van der Waals surface area contributed by atoms with Crippen molar-refractivity contribution in [2.45, 2.75) is 26.1 Å². The molecule has 0 atom stereocenters. The van der Waals surface area contributed by atoms with Crippen LogP contribution in [-0.4, -0.2) is 18.6 Å². The summed E-state index contributed by atoms with van der Waals surface area (Å²) < 4.78 is 43.7. The molecule has 0 saturated carbocycles. The van der Waals surface area contributed by atoms with Gasteiger partial charge in [-0.3, -0.25) is 4.79 Å². The SMILES string of the molecule is CC(C)Oc1ccc(NC(=O)CNc2cc(C(F)(F)F)ccc2Cl)cc1. The summed E-state index contributed by atoms with van der Waals surface area (Å²) in [5.41, 5.74) is -0.258. The molecule has 26 heavy (non-hydrogen) atoms. The molecule has 8 heteroatoms. The summed E-state index contributed by atoms with van der Waals surface area (Å²) in [4.78, 5) is 12.0. The first-order valence-corrected chi connectivity index (χ1v) is 8.20. The number of nitrogens with one attached hydrogen (secondary N) is 2. The third kappa shape index (κ3) is 5.84. The van der Waals surface area contributed by atoms with Crippen LogP contribution >= 0.6 is 11.6 Å². The lowest BCUT2D eigenvalue weighted by Crippen LogP contribution is -2.22. The molecule has 0 aliphatic carbocycles. The van der Waals surface area contributed by atoms with Gasteiger partial charge in [0.15, 0.2) is 0 Å². The first-order chi connectivity index (χ1) is 12.1. The molecule has 0 saturated heterocycles. The highest BCUT2D eigenvalue weighted by molar-refractivity contribution is 6.33. The van der Waals surface area contributed by atoms with Gasteiger partial charge in [-0.1, -0.05) is 11.6 Å². The molecular formula is C18H18ClF3N2O2. The Morgan fingerprint density at radius 1 is 1.15 bits per heavy atom. The zero-order valence-electron chi connectivity index (χ0n) is 14.2. The van der Waals surface area contributed by atoms with Crippen molar-refractivity contribution < 1.29 is 22.7 Å². The second kappa shape index (κ2) is 8.31. The minimum Gasteiger partial charge on any atom is -0.491 e. The van der Waals surface area contributed by atoms with Gasteiger partial charge in [-0.25, -0.2) is 0 Å². The topological polar surface area (TPSA) is 50.4 Å².